The Hall–Kier alpha value is -1.07. The lowest BCUT2D eigenvalue weighted by molar-refractivity contribution is 0.0602. The highest BCUT2D eigenvalue weighted by Gasteiger charge is 2.26. The van der Waals surface area contributed by atoms with E-state index in [4.69, 9.17) is 22.1 Å². The number of benzene rings is 1. The summed E-state index contributed by atoms with van der Waals surface area (Å²) in [5, 5.41) is 3.74. The molecule has 0 aliphatic heterocycles. The van der Waals surface area contributed by atoms with Crippen molar-refractivity contribution >= 4 is 40.7 Å². The Labute approximate surface area is 135 Å². The molecule has 0 heterocycles. The summed E-state index contributed by atoms with van der Waals surface area (Å²) in [7, 11) is 1.34. The Morgan fingerprint density at radius 2 is 2.05 bits per heavy atom. The minimum absolute atomic E-state index is 0.109. The zero-order valence-corrected chi connectivity index (χ0v) is 14.5. The van der Waals surface area contributed by atoms with Crippen LogP contribution in [0.5, 0.6) is 0 Å². The van der Waals surface area contributed by atoms with Crippen LogP contribution in [-0.4, -0.2) is 30.6 Å². The fourth-order valence-corrected chi connectivity index (χ4v) is 3.28. The fourth-order valence-electron chi connectivity index (χ4n) is 2.19. The third kappa shape index (κ3) is 4.20. The van der Waals surface area contributed by atoms with Crippen LogP contribution in [0.4, 0.5) is 11.4 Å². The summed E-state index contributed by atoms with van der Waals surface area (Å²) in [4.78, 5) is 11.9. The lowest BCUT2D eigenvalue weighted by Gasteiger charge is -2.30. The number of nitrogens with one attached hydrogen (secondary N) is 1. The molecule has 0 atom stereocenters. The smallest absolute Gasteiger partial charge is 0.340 e. The third-order valence-electron chi connectivity index (χ3n) is 3.83. The maximum absolute atomic E-state index is 11.9. The molecule has 0 fully saturated rings. The number of nitrogen functional groups attached to an aromatic ring is 1. The molecule has 21 heavy (non-hydrogen) atoms. The average molecular weight is 331 g/mol. The Bertz CT molecular complexity index is 496. The van der Waals surface area contributed by atoms with Gasteiger partial charge in [-0.2, -0.15) is 11.8 Å². The van der Waals surface area contributed by atoms with Crippen LogP contribution in [0.25, 0.3) is 0 Å². The first-order valence-electron chi connectivity index (χ1n) is 6.89. The highest BCUT2D eigenvalue weighted by atomic mass is 35.5. The summed E-state index contributed by atoms with van der Waals surface area (Å²) in [6, 6.07) is 3.22. The second-order valence-corrected chi connectivity index (χ2v) is 6.55. The number of carbonyl (C=O) groups is 1. The molecule has 0 aliphatic carbocycles. The largest absolute Gasteiger partial charge is 0.465 e. The number of anilines is 2. The van der Waals surface area contributed by atoms with Crippen molar-refractivity contribution in [3.8, 4) is 0 Å². The standard InChI is InChI=1S/C15H23ClN2O2S/c1-5-15(6-2,21-4)9-18-13-11(14(19)20-3)7-10(17)8-12(13)16/h7-8,18H,5-6,9,17H2,1-4H3. The van der Waals surface area contributed by atoms with Crippen LogP contribution in [0.3, 0.4) is 0 Å². The van der Waals surface area contributed by atoms with Crippen molar-refractivity contribution < 1.29 is 9.53 Å². The number of nitrogens with two attached hydrogens (primary N) is 1. The van der Waals surface area contributed by atoms with Gasteiger partial charge in [-0.15, -0.1) is 0 Å². The van der Waals surface area contributed by atoms with Crippen molar-refractivity contribution in [2.24, 2.45) is 0 Å². The fraction of sp³-hybridized carbons (Fsp3) is 0.533. The molecule has 0 aliphatic rings. The lowest BCUT2D eigenvalue weighted by Crippen LogP contribution is -2.32. The van der Waals surface area contributed by atoms with Gasteiger partial charge in [0.2, 0.25) is 0 Å². The van der Waals surface area contributed by atoms with E-state index in [2.05, 4.69) is 25.4 Å². The van der Waals surface area contributed by atoms with E-state index in [1.54, 1.807) is 12.1 Å². The van der Waals surface area contributed by atoms with Crippen LogP contribution in [0.15, 0.2) is 12.1 Å². The van der Waals surface area contributed by atoms with Crippen molar-refractivity contribution in [1.82, 2.24) is 0 Å². The van der Waals surface area contributed by atoms with Gasteiger partial charge in [0.15, 0.2) is 0 Å². The maximum atomic E-state index is 11.9. The van der Waals surface area contributed by atoms with Crippen molar-refractivity contribution in [3.05, 3.63) is 22.7 Å². The number of thioether (sulfide) groups is 1. The molecule has 0 amide bonds. The quantitative estimate of drug-likeness (QED) is 0.583. The Morgan fingerprint density at radius 3 is 2.52 bits per heavy atom. The van der Waals surface area contributed by atoms with Crippen LogP contribution in [0.2, 0.25) is 5.02 Å². The molecule has 3 N–H and O–H groups in total. The highest BCUT2D eigenvalue weighted by molar-refractivity contribution is 8.00. The van der Waals surface area contributed by atoms with E-state index >= 15 is 0 Å². The van der Waals surface area contributed by atoms with E-state index in [-0.39, 0.29) is 4.75 Å². The molecule has 0 saturated heterocycles. The van der Waals surface area contributed by atoms with Gasteiger partial charge in [0.05, 0.1) is 23.4 Å². The summed E-state index contributed by atoms with van der Waals surface area (Å²) >= 11 is 8.06. The van der Waals surface area contributed by atoms with Crippen LogP contribution < -0.4 is 11.1 Å². The molecular weight excluding hydrogens is 308 g/mol. The SMILES string of the molecule is CCC(CC)(CNc1c(Cl)cc(N)cc1C(=O)OC)SC. The minimum Gasteiger partial charge on any atom is -0.465 e. The van der Waals surface area contributed by atoms with Crippen molar-refractivity contribution in [3.63, 3.8) is 0 Å². The number of methoxy groups -OCH3 is 1. The normalized spacial score (nSPS) is 11.3. The number of rotatable bonds is 7. The third-order valence-corrected chi connectivity index (χ3v) is 5.71. The lowest BCUT2D eigenvalue weighted by atomic mass is 10.0. The topological polar surface area (TPSA) is 64.3 Å². The summed E-state index contributed by atoms with van der Waals surface area (Å²) in [5.41, 5.74) is 7.14. The molecule has 6 heteroatoms. The summed E-state index contributed by atoms with van der Waals surface area (Å²) in [6.07, 6.45) is 4.15. The molecule has 0 bridgehead atoms. The molecule has 0 radical (unpaired) electrons. The van der Waals surface area contributed by atoms with E-state index in [1.165, 1.54) is 7.11 Å². The number of hydrogen-bond acceptors (Lipinski definition) is 5. The van der Waals surface area contributed by atoms with Gasteiger partial charge in [-0.1, -0.05) is 25.4 Å². The molecule has 1 aromatic carbocycles. The zero-order valence-electron chi connectivity index (χ0n) is 13.0. The van der Waals surface area contributed by atoms with Gasteiger partial charge < -0.3 is 15.8 Å². The van der Waals surface area contributed by atoms with Gasteiger partial charge in [-0.05, 0) is 31.2 Å². The van der Waals surface area contributed by atoms with Crippen molar-refractivity contribution in [2.75, 3.05) is 31.0 Å². The molecule has 0 unspecified atom stereocenters. The van der Waals surface area contributed by atoms with Crippen LogP contribution in [-0.2, 0) is 4.74 Å². The Morgan fingerprint density at radius 1 is 1.43 bits per heavy atom. The van der Waals surface area contributed by atoms with Crippen LogP contribution in [0.1, 0.15) is 37.0 Å². The molecule has 1 aromatic rings. The molecule has 1 rings (SSSR count). The highest BCUT2D eigenvalue weighted by Crippen LogP contribution is 2.34. The molecule has 4 nitrogen and oxygen atoms in total. The van der Waals surface area contributed by atoms with Gasteiger partial charge in [-0.3, -0.25) is 0 Å². The monoisotopic (exact) mass is 330 g/mol. The van der Waals surface area contributed by atoms with E-state index in [0.29, 0.717) is 22.0 Å². The van der Waals surface area contributed by atoms with E-state index in [1.807, 2.05) is 11.8 Å². The molecule has 0 aromatic heterocycles. The second-order valence-electron chi connectivity index (χ2n) is 4.86. The van der Waals surface area contributed by atoms with E-state index < -0.39 is 5.97 Å². The Balaban J connectivity index is 3.10. The van der Waals surface area contributed by atoms with Gasteiger partial charge in [0.25, 0.3) is 0 Å². The van der Waals surface area contributed by atoms with Gasteiger partial charge in [0.1, 0.15) is 0 Å². The number of ether oxygens (including phenoxy) is 1. The predicted molar refractivity (Wildman–Crippen MR) is 92.5 cm³/mol. The molecule has 118 valence electrons. The zero-order chi connectivity index (χ0) is 16.0. The van der Waals surface area contributed by atoms with Gasteiger partial charge in [-0.25, -0.2) is 4.79 Å². The average Bonchev–Trinajstić information content (AvgIpc) is 2.49. The first-order chi connectivity index (χ1) is 9.92. The summed E-state index contributed by atoms with van der Waals surface area (Å²) in [5.74, 6) is -0.450. The molecular formula is C15H23ClN2O2S. The van der Waals surface area contributed by atoms with Crippen molar-refractivity contribution in [2.45, 2.75) is 31.4 Å². The first kappa shape index (κ1) is 18.0. The number of carbonyl (C=O) groups excluding carboxylic acids is 1. The number of hydrogen-bond donors (Lipinski definition) is 2. The number of esters is 1. The van der Waals surface area contributed by atoms with Gasteiger partial charge >= 0.3 is 5.97 Å². The number of halogens is 1. The second kappa shape index (κ2) is 7.80. The van der Waals surface area contributed by atoms with E-state index in [0.717, 1.165) is 19.4 Å². The minimum atomic E-state index is -0.450. The van der Waals surface area contributed by atoms with Crippen LogP contribution >= 0.6 is 23.4 Å². The van der Waals surface area contributed by atoms with E-state index in [9.17, 15) is 4.79 Å². The maximum Gasteiger partial charge on any atom is 0.340 e. The Kier molecular flexibility index (Phi) is 6.68. The summed E-state index contributed by atoms with van der Waals surface area (Å²) < 4.78 is 4.91. The first-order valence-corrected chi connectivity index (χ1v) is 8.49. The van der Waals surface area contributed by atoms with Crippen LogP contribution in [0, 0.1) is 0 Å². The molecule has 0 saturated carbocycles. The van der Waals surface area contributed by atoms with Gasteiger partial charge in [0, 0.05) is 17.0 Å². The predicted octanol–water partition coefficient (Wildman–Crippen LogP) is 4.04. The molecule has 0 spiro atoms. The summed E-state index contributed by atoms with van der Waals surface area (Å²) in [6.45, 7) is 5.04. The van der Waals surface area contributed by atoms with Crippen molar-refractivity contribution in [1.29, 1.82) is 0 Å².